The molecule has 0 radical (unpaired) electrons. The first kappa shape index (κ1) is 17.4. The summed E-state index contributed by atoms with van der Waals surface area (Å²) in [7, 11) is 0. The lowest BCUT2D eigenvalue weighted by Crippen LogP contribution is -1.77. The van der Waals surface area contributed by atoms with Crippen LogP contribution in [-0.4, -0.2) is 0 Å². The van der Waals surface area contributed by atoms with Gasteiger partial charge in [0.05, 0.1) is 0 Å². The molecule has 15 heavy (non-hydrogen) atoms. The highest BCUT2D eigenvalue weighted by atomic mass is 13.9. The number of hydrogen-bond donors (Lipinski definition) is 0. The van der Waals surface area contributed by atoms with E-state index in [2.05, 4.69) is 34.6 Å². The summed E-state index contributed by atoms with van der Waals surface area (Å²) in [5.41, 5.74) is 0. The molecule has 0 saturated heterocycles. The fourth-order valence-corrected chi connectivity index (χ4v) is 1.21. The van der Waals surface area contributed by atoms with E-state index in [1.54, 1.807) is 0 Å². The molecule has 0 aliphatic heterocycles. The second-order valence-electron chi connectivity index (χ2n) is 4.92. The molecular formula is C15H34. The van der Waals surface area contributed by atoms with Gasteiger partial charge in [0, 0.05) is 0 Å². The highest BCUT2D eigenvalue weighted by Gasteiger charge is 1.87. The summed E-state index contributed by atoms with van der Waals surface area (Å²) >= 11 is 0. The summed E-state index contributed by atoms with van der Waals surface area (Å²) in [4.78, 5) is 0. The Bertz CT molecular complexity index is 76.0. The lowest BCUT2D eigenvalue weighted by atomic mass is 10.1. The first-order chi connectivity index (χ1) is 7.18. The molecule has 0 atom stereocenters. The van der Waals surface area contributed by atoms with E-state index in [1.807, 2.05) is 0 Å². The van der Waals surface area contributed by atoms with Gasteiger partial charge in [-0.3, -0.25) is 0 Å². The molecule has 0 spiro atoms. The molecule has 0 amide bonds. The Labute approximate surface area is 98.9 Å². The Morgan fingerprint density at radius 3 is 1.07 bits per heavy atom. The summed E-state index contributed by atoms with van der Waals surface area (Å²) in [6.45, 7) is 11.2. The van der Waals surface area contributed by atoms with E-state index < -0.39 is 0 Å². The van der Waals surface area contributed by atoms with Crippen molar-refractivity contribution in [3.63, 3.8) is 0 Å². The third-order valence-electron chi connectivity index (χ3n) is 2.77. The second-order valence-corrected chi connectivity index (χ2v) is 4.92. The van der Waals surface area contributed by atoms with Gasteiger partial charge in [0.15, 0.2) is 0 Å². The smallest absolute Gasteiger partial charge is 0.0474 e. The van der Waals surface area contributed by atoms with Gasteiger partial charge < -0.3 is 0 Å². The number of rotatable bonds is 8. The van der Waals surface area contributed by atoms with Crippen molar-refractivity contribution in [1.82, 2.24) is 0 Å². The van der Waals surface area contributed by atoms with E-state index in [9.17, 15) is 0 Å². The average molecular weight is 214 g/mol. The zero-order chi connectivity index (χ0) is 11.9. The van der Waals surface area contributed by atoms with Crippen LogP contribution in [0.5, 0.6) is 0 Å². The topological polar surface area (TPSA) is 0 Å². The maximum atomic E-state index is 2.27. The van der Waals surface area contributed by atoms with Crippen molar-refractivity contribution < 1.29 is 0 Å². The van der Waals surface area contributed by atoms with Gasteiger partial charge in [0.25, 0.3) is 0 Å². The quantitative estimate of drug-likeness (QED) is 0.422. The van der Waals surface area contributed by atoms with Crippen LogP contribution in [0.15, 0.2) is 0 Å². The Balaban J connectivity index is 0. The van der Waals surface area contributed by atoms with E-state index in [4.69, 9.17) is 0 Å². The molecule has 0 aliphatic rings. The molecule has 0 bridgehead atoms. The van der Waals surface area contributed by atoms with Crippen LogP contribution >= 0.6 is 0 Å². The summed E-state index contributed by atoms with van der Waals surface area (Å²) in [6.07, 6.45) is 12.8. The Morgan fingerprint density at radius 1 is 0.600 bits per heavy atom. The Hall–Kier alpha value is 0. The van der Waals surface area contributed by atoms with Crippen molar-refractivity contribution in [1.29, 1.82) is 0 Å². The molecular weight excluding hydrogens is 180 g/mol. The first-order valence-electron chi connectivity index (χ1n) is 7.18. The van der Waals surface area contributed by atoms with Gasteiger partial charge >= 0.3 is 0 Å². The van der Waals surface area contributed by atoms with Crippen LogP contribution in [0.2, 0.25) is 0 Å². The number of hydrogen-bond acceptors (Lipinski definition) is 0. The van der Waals surface area contributed by atoms with Gasteiger partial charge in [-0.25, -0.2) is 0 Å². The molecule has 94 valence electrons. The molecule has 0 aliphatic carbocycles. The van der Waals surface area contributed by atoms with Crippen molar-refractivity contribution in [2.75, 3.05) is 0 Å². The molecule has 0 N–H and O–H groups in total. The number of unbranched alkanes of at least 4 members (excludes halogenated alkanes) is 7. The lowest BCUT2D eigenvalue weighted by Gasteiger charge is -1.97. The zero-order valence-electron chi connectivity index (χ0n) is 11.9. The summed E-state index contributed by atoms with van der Waals surface area (Å²) in [5, 5.41) is 0. The Kier molecular flexibility index (Phi) is 19.1. The Morgan fingerprint density at radius 2 is 0.867 bits per heavy atom. The van der Waals surface area contributed by atoms with Gasteiger partial charge in [-0.05, 0) is 5.92 Å². The van der Waals surface area contributed by atoms with Gasteiger partial charge in [-0.15, -0.1) is 0 Å². The predicted octanol–water partition coefficient (Wildman–Crippen LogP) is 6.20. The zero-order valence-corrected chi connectivity index (χ0v) is 11.9. The van der Waals surface area contributed by atoms with E-state index in [1.165, 1.54) is 57.8 Å². The molecule has 0 rings (SSSR count). The highest BCUT2D eigenvalue weighted by molar-refractivity contribution is 4.43. The molecule has 0 saturated carbocycles. The molecule has 0 unspecified atom stereocenters. The molecule has 0 heterocycles. The van der Waals surface area contributed by atoms with Crippen molar-refractivity contribution in [3.8, 4) is 0 Å². The van der Waals surface area contributed by atoms with Crippen molar-refractivity contribution in [3.05, 3.63) is 0 Å². The minimum absolute atomic E-state index is 0.884. The maximum Gasteiger partial charge on any atom is -0.0474 e. The van der Waals surface area contributed by atoms with Crippen LogP contribution in [-0.2, 0) is 0 Å². The van der Waals surface area contributed by atoms with Crippen LogP contribution in [0.4, 0.5) is 0 Å². The van der Waals surface area contributed by atoms with E-state index >= 15 is 0 Å². The predicted molar refractivity (Wildman–Crippen MR) is 73.4 cm³/mol. The van der Waals surface area contributed by atoms with Crippen LogP contribution in [0.3, 0.4) is 0 Å². The molecule has 0 aromatic carbocycles. The summed E-state index contributed by atoms with van der Waals surface area (Å²) in [6, 6.07) is 0. The standard InChI is InChI=1S/C10H22.C5H12/c1-3-5-7-9-10-8-6-4-2;1-4-5(2)3/h3-10H2,1-2H3;5H,4H2,1-3H3. The third kappa shape index (κ3) is 24.9. The molecule has 0 aromatic rings. The summed E-state index contributed by atoms with van der Waals surface area (Å²) in [5.74, 6) is 0.884. The van der Waals surface area contributed by atoms with Crippen molar-refractivity contribution in [2.45, 2.75) is 92.4 Å². The van der Waals surface area contributed by atoms with E-state index in [0.29, 0.717) is 0 Å². The lowest BCUT2D eigenvalue weighted by molar-refractivity contribution is 0.585. The van der Waals surface area contributed by atoms with E-state index in [0.717, 1.165) is 5.92 Å². The monoisotopic (exact) mass is 214 g/mol. The molecule has 0 heteroatoms. The summed E-state index contributed by atoms with van der Waals surface area (Å²) < 4.78 is 0. The van der Waals surface area contributed by atoms with Crippen LogP contribution in [0.25, 0.3) is 0 Å². The highest BCUT2D eigenvalue weighted by Crippen LogP contribution is 2.07. The van der Waals surface area contributed by atoms with Crippen molar-refractivity contribution in [2.24, 2.45) is 5.92 Å². The van der Waals surface area contributed by atoms with Crippen LogP contribution in [0.1, 0.15) is 92.4 Å². The molecule has 0 aromatic heterocycles. The largest absolute Gasteiger partial charge is 0.0654 e. The molecule has 0 nitrogen and oxygen atoms in total. The first-order valence-corrected chi connectivity index (χ1v) is 7.18. The second kappa shape index (κ2) is 16.4. The van der Waals surface area contributed by atoms with Gasteiger partial charge in [0.1, 0.15) is 0 Å². The SMILES string of the molecule is CCC(C)C.CCCCCCCCCC. The van der Waals surface area contributed by atoms with Crippen molar-refractivity contribution >= 4 is 0 Å². The third-order valence-corrected chi connectivity index (χ3v) is 2.77. The average Bonchev–Trinajstić information content (AvgIpc) is 2.24. The minimum atomic E-state index is 0.884. The normalized spacial score (nSPS) is 10.0. The van der Waals surface area contributed by atoms with E-state index in [-0.39, 0.29) is 0 Å². The fraction of sp³-hybridized carbons (Fsp3) is 1.00. The molecule has 0 fully saturated rings. The van der Waals surface area contributed by atoms with Gasteiger partial charge in [0.2, 0.25) is 0 Å². The van der Waals surface area contributed by atoms with Gasteiger partial charge in [-0.2, -0.15) is 0 Å². The van der Waals surface area contributed by atoms with Gasteiger partial charge in [-0.1, -0.05) is 92.4 Å². The fourth-order valence-electron chi connectivity index (χ4n) is 1.21. The van der Waals surface area contributed by atoms with Crippen LogP contribution < -0.4 is 0 Å². The van der Waals surface area contributed by atoms with Crippen LogP contribution in [0, 0.1) is 5.92 Å². The maximum absolute atomic E-state index is 2.27. The minimum Gasteiger partial charge on any atom is -0.0654 e.